The Morgan fingerprint density at radius 3 is 2.47 bits per heavy atom. The van der Waals surface area contributed by atoms with Crippen LogP contribution in [0, 0.1) is 0 Å². The van der Waals surface area contributed by atoms with Crippen molar-refractivity contribution < 1.29 is 0 Å². The van der Waals surface area contributed by atoms with Crippen LogP contribution in [0.4, 0.5) is 0 Å². The molecule has 1 nitrogen and oxygen atoms in total. The Morgan fingerprint density at radius 2 is 1.79 bits per heavy atom. The van der Waals surface area contributed by atoms with Gasteiger partial charge < -0.3 is 0 Å². The monoisotopic (exact) mass is 331 g/mol. The fourth-order valence-electron chi connectivity index (χ4n) is 2.17. The molecular formula is C16H14BrNS. The molecule has 19 heavy (non-hydrogen) atoms. The average molecular weight is 332 g/mol. The Hall–Kier alpha value is -1.19. The number of thiazole rings is 1. The van der Waals surface area contributed by atoms with E-state index in [0.29, 0.717) is 5.92 Å². The van der Waals surface area contributed by atoms with Crippen LogP contribution in [0.1, 0.15) is 25.3 Å². The number of hydrogen-bond donors (Lipinski definition) is 0. The van der Waals surface area contributed by atoms with Gasteiger partial charge in [-0.2, -0.15) is 0 Å². The third-order valence-corrected chi connectivity index (χ3v) is 4.67. The normalized spacial score (nSPS) is 11.4. The van der Waals surface area contributed by atoms with Crippen molar-refractivity contribution in [2.24, 2.45) is 0 Å². The number of fused-ring (bicyclic) bond motifs is 1. The number of halogens is 1. The Morgan fingerprint density at radius 1 is 1.05 bits per heavy atom. The predicted molar refractivity (Wildman–Crippen MR) is 86.8 cm³/mol. The molecule has 0 N–H and O–H groups in total. The van der Waals surface area contributed by atoms with Gasteiger partial charge in [0.05, 0.1) is 5.69 Å². The first-order valence-electron chi connectivity index (χ1n) is 6.28. The van der Waals surface area contributed by atoms with Gasteiger partial charge in [0.15, 0.2) is 3.92 Å². The van der Waals surface area contributed by atoms with E-state index in [1.54, 1.807) is 11.3 Å². The van der Waals surface area contributed by atoms with Crippen LogP contribution in [0.5, 0.6) is 0 Å². The lowest BCUT2D eigenvalue weighted by atomic mass is 9.98. The molecule has 0 aliphatic heterocycles. The Kier molecular flexibility index (Phi) is 3.42. The smallest absolute Gasteiger partial charge is 0.159 e. The minimum absolute atomic E-state index is 0.568. The zero-order valence-electron chi connectivity index (χ0n) is 10.9. The topological polar surface area (TPSA) is 12.9 Å². The van der Waals surface area contributed by atoms with Crippen molar-refractivity contribution in [2.45, 2.75) is 19.8 Å². The molecule has 0 spiro atoms. The van der Waals surface area contributed by atoms with E-state index in [4.69, 9.17) is 0 Å². The van der Waals surface area contributed by atoms with Crippen molar-refractivity contribution >= 4 is 38.0 Å². The standard InChI is InChI=1S/C16H14BrNS/c1-10(2)11-3-4-13-8-14(6-5-12(13)7-11)15-9-19-16(17)18-15/h3-10H,1-2H3. The molecule has 0 amide bonds. The molecule has 3 heteroatoms. The van der Waals surface area contributed by atoms with Crippen molar-refractivity contribution in [3.63, 3.8) is 0 Å². The van der Waals surface area contributed by atoms with E-state index < -0.39 is 0 Å². The van der Waals surface area contributed by atoms with Crippen LogP contribution in [0.25, 0.3) is 22.0 Å². The van der Waals surface area contributed by atoms with Crippen molar-refractivity contribution in [3.05, 3.63) is 51.3 Å². The molecule has 1 heterocycles. The van der Waals surface area contributed by atoms with Crippen molar-refractivity contribution in [2.75, 3.05) is 0 Å². The van der Waals surface area contributed by atoms with Crippen molar-refractivity contribution in [3.8, 4) is 11.3 Å². The molecule has 1 aromatic heterocycles. The lowest BCUT2D eigenvalue weighted by Gasteiger charge is -2.07. The first-order chi connectivity index (χ1) is 9.13. The maximum Gasteiger partial charge on any atom is 0.159 e. The summed E-state index contributed by atoms with van der Waals surface area (Å²) >= 11 is 5.03. The van der Waals surface area contributed by atoms with Crippen molar-refractivity contribution in [1.29, 1.82) is 0 Å². The van der Waals surface area contributed by atoms with Crippen LogP contribution in [0.2, 0.25) is 0 Å². The molecule has 0 atom stereocenters. The molecule has 0 aliphatic rings. The first-order valence-corrected chi connectivity index (χ1v) is 7.96. The highest BCUT2D eigenvalue weighted by Crippen LogP contribution is 2.29. The van der Waals surface area contributed by atoms with Gasteiger partial charge >= 0.3 is 0 Å². The quantitative estimate of drug-likeness (QED) is 0.574. The summed E-state index contributed by atoms with van der Waals surface area (Å²) in [5.74, 6) is 0.568. The fraction of sp³-hybridized carbons (Fsp3) is 0.188. The van der Waals surface area contributed by atoms with Gasteiger partial charge in [-0.3, -0.25) is 0 Å². The average Bonchev–Trinajstić information content (AvgIpc) is 2.84. The molecule has 0 fully saturated rings. The summed E-state index contributed by atoms with van der Waals surface area (Å²) in [5.41, 5.74) is 3.59. The van der Waals surface area contributed by atoms with E-state index in [2.05, 4.69) is 76.5 Å². The summed E-state index contributed by atoms with van der Waals surface area (Å²) in [6.45, 7) is 4.45. The fourth-order valence-corrected chi connectivity index (χ4v) is 3.19. The number of hydrogen-bond acceptors (Lipinski definition) is 2. The van der Waals surface area contributed by atoms with Crippen LogP contribution in [0.15, 0.2) is 45.7 Å². The van der Waals surface area contributed by atoms with E-state index in [9.17, 15) is 0 Å². The number of rotatable bonds is 2. The molecule has 3 aromatic rings. The lowest BCUT2D eigenvalue weighted by molar-refractivity contribution is 0.869. The zero-order valence-corrected chi connectivity index (χ0v) is 13.3. The largest absolute Gasteiger partial charge is 0.229 e. The second-order valence-corrected chi connectivity index (χ2v) is 7.10. The van der Waals surface area contributed by atoms with E-state index in [0.717, 1.165) is 9.61 Å². The molecule has 0 bridgehead atoms. The number of benzene rings is 2. The summed E-state index contributed by atoms with van der Waals surface area (Å²) in [5, 5.41) is 4.64. The summed E-state index contributed by atoms with van der Waals surface area (Å²) < 4.78 is 0.928. The van der Waals surface area contributed by atoms with Crippen LogP contribution in [0.3, 0.4) is 0 Å². The third kappa shape index (κ3) is 2.58. The van der Waals surface area contributed by atoms with Crippen molar-refractivity contribution in [1.82, 2.24) is 4.98 Å². The summed E-state index contributed by atoms with van der Waals surface area (Å²) in [6, 6.07) is 13.2. The van der Waals surface area contributed by atoms with Gasteiger partial charge in [-0.05, 0) is 44.3 Å². The maximum atomic E-state index is 4.47. The Bertz CT molecular complexity index is 730. The van der Waals surface area contributed by atoms with Crippen LogP contribution in [-0.4, -0.2) is 4.98 Å². The highest BCUT2D eigenvalue weighted by molar-refractivity contribution is 9.11. The van der Waals surface area contributed by atoms with Crippen LogP contribution < -0.4 is 0 Å². The van der Waals surface area contributed by atoms with E-state index in [1.807, 2.05) is 0 Å². The van der Waals surface area contributed by atoms with Gasteiger partial charge in [-0.25, -0.2) is 4.98 Å². The zero-order chi connectivity index (χ0) is 13.4. The van der Waals surface area contributed by atoms with Gasteiger partial charge in [-0.1, -0.05) is 44.2 Å². The van der Waals surface area contributed by atoms with Gasteiger partial charge in [0.25, 0.3) is 0 Å². The van der Waals surface area contributed by atoms with E-state index >= 15 is 0 Å². The van der Waals surface area contributed by atoms with Gasteiger partial charge in [-0.15, -0.1) is 11.3 Å². The Balaban J connectivity index is 2.09. The van der Waals surface area contributed by atoms with Crippen LogP contribution >= 0.6 is 27.3 Å². The summed E-state index contributed by atoms with van der Waals surface area (Å²) in [7, 11) is 0. The predicted octanol–water partition coefficient (Wildman–Crippen LogP) is 5.85. The van der Waals surface area contributed by atoms with Gasteiger partial charge in [0, 0.05) is 10.9 Å². The third-order valence-electron chi connectivity index (χ3n) is 3.30. The van der Waals surface area contributed by atoms with E-state index in [-0.39, 0.29) is 0 Å². The minimum Gasteiger partial charge on any atom is -0.229 e. The van der Waals surface area contributed by atoms with Gasteiger partial charge in [0.2, 0.25) is 0 Å². The number of aromatic nitrogens is 1. The molecule has 0 radical (unpaired) electrons. The highest BCUT2D eigenvalue weighted by atomic mass is 79.9. The summed E-state index contributed by atoms with van der Waals surface area (Å²) in [6.07, 6.45) is 0. The second kappa shape index (κ2) is 5.06. The molecule has 3 rings (SSSR count). The number of nitrogens with zero attached hydrogens (tertiary/aromatic N) is 1. The first kappa shape index (κ1) is 12.8. The van der Waals surface area contributed by atoms with Crippen LogP contribution in [-0.2, 0) is 0 Å². The maximum absolute atomic E-state index is 4.47. The molecule has 0 saturated carbocycles. The SMILES string of the molecule is CC(C)c1ccc2cc(-c3csc(Br)n3)ccc2c1. The van der Waals surface area contributed by atoms with Gasteiger partial charge in [0.1, 0.15) is 0 Å². The molecular weight excluding hydrogens is 318 g/mol. The molecule has 0 unspecified atom stereocenters. The summed E-state index contributed by atoms with van der Waals surface area (Å²) in [4.78, 5) is 4.47. The highest BCUT2D eigenvalue weighted by Gasteiger charge is 2.05. The second-order valence-electron chi connectivity index (χ2n) is 4.96. The minimum atomic E-state index is 0.568. The molecule has 0 aliphatic carbocycles. The molecule has 2 aromatic carbocycles. The molecule has 96 valence electrons. The molecule has 0 saturated heterocycles. The lowest BCUT2D eigenvalue weighted by Crippen LogP contribution is -1.87. The van der Waals surface area contributed by atoms with E-state index in [1.165, 1.54) is 21.9 Å². The Labute approximate surface area is 125 Å².